The first kappa shape index (κ1) is 114. The van der Waals surface area contributed by atoms with Gasteiger partial charge in [-0.05, 0) is 60.9 Å². The third-order valence-electron chi connectivity index (χ3n) is 22.6. The molecule has 0 amide bonds. The van der Waals surface area contributed by atoms with E-state index in [1.165, 1.54) is 56.6 Å². The van der Waals surface area contributed by atoms with E-state index in [2.05, 4.69) is 0 Å². The molecule has 0 spiro atoms. The van der Waals surface area contributed by atoms with Crippen molar-refractivity contribution < 1.29 is 224 Å². The highest BCUT2D eigenvalue weighted by atomic mass is 32.2. The van der Waals surface area contributed by atoms with Gasteiger partial charge in [0.15, 0.2) is 50.3 Å². The third kappa shape index (κ3) is 32.9. The third-order valence-corrected chi connectivity index (χ3v) is 31.6. The summed E-state index contributed by atoms with van der Waals surface area (Å²) in [5.74, 6) is -1.68. The smallest absolute Gasteiger partial charge is 0.306 e. The maximum atomic E-state index is 12.7. The SMILES string of the molecule is CCCSCC1O[C@@H]2O[C@@H]3C(CSCCC(=O)OC)O[C@H](O[C@@H]4C(CSCCC(=O)OC)O[C@H](O[C@@H]5C(CSCCC(=O)OC)O[C@H](O[C@@H]6C(CSCCCOC=O)O[C@H](O[C@@H]7C(O)[C@@H](OC(CSCCCOC=O)[C@H]7O)O[C@@H]7C(CSCCCOC=O)O[C@H](O[C@@H]8C(CSCCCOC=O)O[C@H](O[C@H]1[C@H](O)C2O)C(O)[C@H]8O)C(O)[C@H]7O)C(O)[C@H]6O)[C@@H](O)C5O)C(O)[C@H]4O)C(O)[C@H]3O. The molecule has 0 saturated carbocycles. The van der Waals surface area contributed by atoms with Crippen LogP contribution in [0.25, 0.3) is 0 Å². The van der Waals surface area contributed by atoms with Crippen molar-refractivity contribution in [2.45, 2.75) is 304 Å². The number of thioether (sulfide) groups is 8. The minimum absolute atomic E-state index is 0.00555. The molecule has 26 saturated heterocycles. The van der Waals surface area contributed by atoms with Gasteiger partial charge < -0.3 is 191 Å². The van der Waals surface area contributed by atoms with Gasteiger partial charge in [0.25, 0.3) is 25.9 Å². The Labute approximate surface area is 801 Å². The summed E-state index contributed by atoms with van der Waals surface area (Å²) in [6.45, 7) is 2.79. The van der Waals surface area contributed by atoms with E-state index in [1.807, 2.05) is 6.92 Å². The van der Waals surface area contributed by atoms with Crippen molar-refractivity contribution in [3.8, 4) is 0 Å². The van der Waals surface area contributed by atoms with Gasteiger partial charge in [-0.1, -0.05) is 6.92 Å². The second-order valence-electron chi connectivity index (χ2n) is 31.9. The van der Waals surface area contributed by atoms with E-state index in [-0.39, 0.29) is 177 Å². The second-order valence-corrected chi connectivity index (χ2v) is 41.1. The van der Waals surface area contributed by atoms with Crippen LogP contribution < -0.4 is 0 Å². The van der Waals surface area contributed by atoms with E-state index in [0.717, 1.165) is 58.8 Å². The van der Waals surface area contributed by atoms with Crippen molar-refractivity contribution in [2.24, 2.45) is 0 Å². The number of ether oxygens (including phenoxy) is 23. The van der Waals surface area contributed by atoms with Crippen LogP contribution in [0.5, 0.6) is 0 Å². The van der Waals surface area contributed by atoms with E-state index in [0.29, 0.717) is 18.6 Å². The Bertz CT molecular complexity index is 3360. The summed E-state index contributed by atoms with van der Waals surface area (Å²) in [4.78, 5) is 82.0. The van der Waals surface area contributed by atoms with Crippen LogP contribution in [0, 0.1) is 0 Å². The van der Waals surface area contributed by atoms with E-state index in [1.54, 1.807) is 0 Å². The van der Waals surface area contributed by atoms with Gasteiger partial charge >= 0.3 is 17.9 Å². The molecule has 16 N–H and O–H groups in total. The van der Waals surface area contributed by atoms with Crippen LogP contribution in [0.2, 0.25) is 0 Å². The van der Waals surface area contributed by atoms with Crippen LogP contribution in [-0.2, 0) is 143 Å². The fraction of sp³-hybridized carbons (Fsp3) is 0.911. The standard InChI is InChI=1S/C79H128O46S8/c1-5-17-126-26-38-64-49(88)56(95)72(111-38)121-67-42(30-131-22-10-45(84)103-2)115-76(59(98)52(67)91)123-69-44(32-133-24-12-47(86)105-4)116-77(60(99)53(69)92)122-68-43(31-132-23-11-46(85)104-3)114-75(58(97)51(68)90)120-66-40(28-129-20-8-15-108-35-82)117-78(62(101)55(66)94)125-71-48(87)37(25-127-18-6-13-106-33-80)110-79(63(71)102)124-70-41(29-130-21-9-16-109-36-83)113-74(61(100)54(70)93)119-65-39(27-128-19-7-14-107-34-81)112-73(118-64)57(96)50(65)89/h33-44,48-79,87-102H,5-32H2,1-4H3/t37?,38?,39?,40?,41?,42?,43?,44?,48-,49-,50-,51?,52-,53-,54-,55-,56?,57?,58+,59?,60?,61?,62?,63?,64-,65-,66-,67-,68-,69-,70-,71+,72-,73-,74-,75-,76-,77-,78-,79+/m1/s1. The van der Waals surface area contributed by atoms with Gasteiger partial charge in [0.1, 0.15) is 146 Å². The molecule has 0 aromatic rings. The lowest BCUT2D eigenvalue weighted by molar-refractivity contribution is -0.392. The number of esters is 3. The second kappa shape index (κ2) is 59.8. The molecule has 54 heteroatoms. The van der Waals surface area contributed by atoms with E-state index < -0.39 is 264 Å². The first-order chi connectivity index (χ1) is 64.1. The fourth-order valence-corrected chi connectivity index (χ4v) is 23.3. The Morgan fingerprint density at radius 1 is 0.233 bits per heavy atom. The summed E-state index contributed by atoms with van der Waals surface area (Å²) in [6.07, 6.45) is -75.2. The monoisotopic (exact) mass is 2070 g/mol. The van der Waals surface area contributed by atoms with Crippen LogP contribution in [0.15, 0.2) is 0 Å². The number of carbonyl (C=O) groups is 7. The topological polar surface area (TPSA) is 655 Å². The van der Waals surface area contributed by atoms with Crippen molar-refractivity contribution in [1.29, 1.82) is 0 Å². The first-order valence-electron chi connectivity index (χ1n) is 43.5. The molecular formula is C79H128O46S8. The molecule has 0 aliphatic carbocycles. The highest BCUT2D eigenvalue weighted by Gasteiger charge is 2.61. The number of rotatable bonds is 47. The zero-order chi connectivity index (χ0) is 96.4. The molecular weight excluding hydrogens is 1940 g/mol. The Balaban J connectivity index is 1.13. The number of hydrogen-bond donors (Lipinski definition) is 16. The van der Waals surface area contributed by atoms with Crippen LogP contribution >= 0.6 is 94.1 Å². The molecule has 26 heterocycles. The molecule has 0 aromatic carbocycles. The van der Waals surface area contributed by atoms with E-state index in [4.69, 9.17) is 109 Å². The highest BCUT2D eigenvalue weighted by molar-refractivity contribution is 8.00. The average molecular weight is 2070 g/mol. The van der Waals surface area contributed by atoms with Crippen molar-refractivity contribution in [3.63, 3.8) is 0 Å². The zero-order valence-corrected chi connectivity index (χ0v) is 79.9. The number of methoxy groups -OCH3 is 3. The number of hydrogen-bond acceptors (Lipinski definition) is 54. The average Bonchev–Trinajstić information content (AvgIpc) is 0.787. The molecule has 40 atom stereocenters. The Morgan fingerprint density at radius 2 is 0.414 bits per heavy atom. The summed E-state index contributed by atoms with van der Waals surface area (Å²) in [7, 11) is 3.51. The summed E-state index contributed by atoms with van der Waals surface area (Å²) in [5.41, 5.74) is 0. The van der Waals surface area contributed by atoms with Gasteiger partial charge in [0.05, 0.1) is 116 Å². The molecule has 26 rings (SSSR count). The molecule has 16 unspecified atom stereocenters. The maximum Gasteiger partial charge on any atom is 0.306 e. The molecule has 26 aliphatic heterocycles. The van der Waals surface area contributed by atoms with Gasteiger partial charge in [-0.3, -0.25) is 33.6 Å². The molecule has 26 aliphatic rings. The minimum atomic E-state index is -2.25. The maximum absolute atomic E-state index is 12.7. The number of carbonyl (C=O) groups excluding carboxylic acids is 7. The van der Waals surface area contributed by atoms with Gasteiger partial charge in [0, 0.05) is 63.3 Å². The van der Waals surface area contributed by atoms with Crippen LogP contribution in [0.3, 0.4) is 0 Å². The number of aliphatic hydroxyl groups excluding tert-OH is 16. The predicted molar refractivity (Wildman–Crippen MR) is 470 cm³/mol. The van der Waals surface area contributed by atoms with Crippen molar-refractivity contribution in [2.75, 3.05) is 140 Å². The van der Waals surface area contributed by atoms with E-state index in [9.17, 15) is 115 Å². The normalized spacial score (nSPS) is 40.2. The largest absolute Gasteiger partial charge is 0.469 e. The molecule has 0 aromatic heterocycles. The molecule has 46 nitrogen and oxygen atoms in total. The highest BCUT2D eigenvalue weighted by Crippen LogP contribution is 2.43. The van der Waals surface area contributed by atoms with Crippen LogP contribution in [0.4, 0.5) is 0 Å². The molecule has 26 fully saturated rings. The lowest BCUT2D eigenvalue weighted by atomic mass is 9.95. The Kier molecular flexibility index (Phi) is 51.4. The van der Waals surface area contributed by atoms with Gasteiger partial charge in [-0.2, -0.15) is 94.1 Å². The Hall–Kier alpha value is -2.19. The fourth-order valence-electron chi connectivity index (χ4n) is 15.5. The summed E-state index contributed by atoms with van der Waals surface area (Å²) in [6, 6.07) is 0. The number of aliphatic hydroxyl groups is 16. The van der Waals surface area contributed by atoms with Crippen molar-refractivity contribution >= 4 is 138 Å². The van der Waals surface area contributed by atoms with Crippen molar-refractivity contribution in [3.05, 3.63) is 0 Å². The summed E-state index contributed by atoms with van der Waals surface area (Å²) in [5, 5.41) is 199. The summed E-state index contributed by atoms with van der Waals surface area (Å²) < 4.78 is 137. The van der Waals surface area contributed by atoms with Gasteiger partial charge in [-0.15, -0.1) is 0 Å². The van der Waals surface area contributed by atoms with Crippen LogP contribution in [-0.4, -0.2) is 511 Å². The molecule has 133 heavy (non-hydrogen) atoms. The molecule has 0 radical (unpaired) electrons. The zero-order valence-electron chi connectivity index (χ0n) is 73.4. The molecule has 768 valence electrons. The summed E-state index contributed by atoms with van der Waals surface area (Å²) >= 11 is 9.09. The first-order valence-corrected chi connectivity index (χ1v) is 52.7. The quantitative estimate of drug-likeness (QED) is 0.0117. The van der Waals surface area contributed by atoms with Crippen molar-refractivity contribution in [1.82, 2.24) is 0 Å². The molecule has 16 bridgehead atoms. The Morgan fingerprint density at radius 3 is 0.617 bits per heavy atom. The predicted octanol–water partition coefficient (Wildman–Crippen LogP) is -6.13. The lowest BCUT2D eigenvalue weighted by Crippen LogP contribution is -2.68. The van der Waals surface area contributed by atoms with Gasteiger partial charge in [-0.25, -0.2) is 0 Å². The van der Waals surface area contributed by atoms with E-state index >= 15 is 0 Å². The lowest BCUT2D eigenvalue weighted by Gasteiger charge is -2.50. The minimum Gasteiger partial charge on any atom is -0.469 e. The van der Waals surface area contributed by atoms with Gasteiger partial charge in [0.2, 0.25) is 0 Å². The van der Waals surface area contributed by atoms with Crippen LogP contribution in [0.1, 0.15) is 58.3 Å².